The van der Waals surface area contributed by atoms with Crippen LogP contribution in [0.2, 0.25) is 0 Å². The van der Waals surface area contributed by atoms with E-state index in [-0.39, 0.29) is 11.8 Å². The molecule has 1 aliphatic rings. The third-order valence-corrected chi connectivity index (χ3v) is 4.71. The van der Waals surface area contributed by atoms with Crippen LogP contribution in [0.3, 0.4) is 0 Å². The number of halogens is 1. The molecule has 0 amide bonds. The summed E-state index contributed by atoms with van der Waals surface area (Å²) in [5, 5.41) is 12.1. The normalized spacial score (nSPS) is 15.4. The van der Waals surface area contributed by atoms with Crippen LogP contribution in [-0.2, 0) is 6.42 Å². The molecule has 3 aromatic rings. The van der Waals surface area contributed by atoms with Crippen LogP contribution in [0.5, 0.6) is 0 Å². The first-order valence-electron chi connectivity index (χ1n) is 9.41. The van der Waals surface area contributed by atoms with E-state index in [0.29, 0.717) is 24.2 Å². The van der Waals surface area contributed by atoms with E-state index in [2.05, 4.69) is 34.1 Å². The van der Waals surface area contributed by atoms with Gasteiger partial charge in [-0.2, -0.15) is 4.98 Å². The van der Waals surface area contributed by atoms with E-state index >= 15 is 0 Å². The maximum atomic E-state index is 14.3. The van der Waals surface area contributed by atoms with Crippen molar-refractivity contribution in [2.24, 2.45) is 4.99 Å². The second-order valence-electron chi connectivity index (χ2n) is 7.20. The molecule has 0 bridgehead atoms. The third-order valence-electron chi connectivity index (χ3n) is 4.71. The van der Waals surface area contributed by atoms with Gasteiger partial charge in [-0.15, -0.1) is 0 Å². The standard InChI is InChI=1S/C22H21FN4O2/c1-13(2)14-4-3-5-16(8-14)25-21-19(23)11-24-22(27-21)26-17-6-7-20-15(9-17)10-18(12-28)29-20/h3-5,7-8,10-13,28H,6,9H2,1-2H3,(H,24,25,27). The van der Waals surface area contributed by atoms with Crippen LogP contribution >= 0.6 is 0 Å². The molecule has 0 saturated carbocycles. The van der Waals surface area contributed by atoms with Crippen LogP contribution in [0.1, 0.15) is 37.3 Å². The summed E-state index contributed by atoms with van der Waals surface area (Å²) in [5.74, 6) is 0.104. The molecule has 0 fully saturated rings. The molecule has 1 aromatic carbocycles. The number of benzene rings is 1. The second kappa shape index (κ2) is 7.87. The number of nitrogens with zero attached hydrogens (tertiary/aromatic N) is 3. The number of fused-ring (bicyclic) bond motifs is 1. The average molecular weight is 392 g/mol. The third kappa shape index (κ3) is 4.18. The first-order valence-corrected chi connectivity index (χ1v) is 9.41. The van der Waals surface area contributed by atoms with Gasteiger partial charge in [-0.05, 0) is 35.8 Å². The molecule has 4 rings (SSSR count). The lowest BCUT2D eigenvalue weighted by Crippen LogP contribution is -2.16. The number of hydrogen-bond donors (Lipinski definition) is 2. The van der Waals surface area contributed by atoms with Gasteiger partial charge in [-0.3, -0.25) is 0 Å². The van der Waals surface area contributed by atoms with Gasteiger partial charge in [0, 0.05) is 29.8 Å². The first kappa shape index (κ1) is 18.9. The summed E-state index contributed by atoms with van der Waals surface area (Å²) in [6.45, 7) is 4.21. The summed E-state index contributed by atoms with van der Waals surface area (Å²) in [6.07, 6.45) is 5.08. The summed E-state index contributed by atoms with van der Waals surface area (Å²) in [7, 11) is 0. The summed E-state index contributed by atoms with van der Waals surface area (Å²) in [5.41, 5.74) is 4.81. The zero-order chi connectivity index (χ0) is 20.4. The predicted molar refractivity (Wildman–Crippen MR) is 111 cm³/mol. The molecule has 0 saturated heterocycles. The fourth-order valence-electron chi connectivity index (χ4n) is 3.18. The molecule has 1 aliphatic carbocycles. The van der Waals surface area contributed by atoms with E-state index in [0.717, 1.165) is 40.4 Å². The number of aromatic nitrogens is 2. The Balaban J connectivity index is 1.58. The number of rotatable bonds is 4. The van der Waals surface area contributed by atoms with Gasteiger partial charge in [0.05, 0.1) is 6.20 Å². The van der Waals surface area contributed by atoms with E-state index < -0.39 is 5.82 Å². The molecule has 0 atom stereocenters. The van der Waals surface area contributed by atoms with Gasteiger partial charge < -0.3 is 14.8 Å². The van der Waals surface area contributed by atoms with Crippen LogP contribution < -0.4 is 16.1 Å². The molecule has 2 N–H and O–H groups in total. The smallest absolute Gasteiger partial charge is 0.251 e. The molecular weight excluding hydrogens is 371 g/mol. The zero-order valence-corrected chi connectivity index (χ0v) is 16.2. The largest absolute Gasteiger partial charge is 0.512 e. The quantitative estimate of drug-likeness (QED) is 0.704. The maximum absolute atomic E-state index is 14.3. The number of aliphatic hydroxyl groups is 1. The van der Waals surface area contributed by atoms with E-state index in [1.54, 1.807) is 6.07 Å². The Morgan fingerprint density at radius 1 is 1.31 bits per heavy atom. The molecule has 148 valence electrons. The number of hydrogen-bond acceptors (Lipinski definition) is 6. The van der Waals surface area contributed by atoms with Gasteiger partial charge in [0.2, 0.25) is 0 Å². The molecule has 2 aromatic heterocycles. The van der Waals surface area contributed by atoms with Crippen molar-refractivity contribution in [1.82, 2.24) is 9.97 Å². The number of furan rings is 1. The fraction of sp³-hybridized carbons (Fsp3) is 0.227. The van der Waals surface area contributed by atoms with Crippen LogP contribution in [0, 0.1) is 5.82 Å². The molecule has 2 heterocycles. The first-order chi connectivity index (χ1) is 14.0. The summed E-state index contributed by atoms with van der Waals surface area (Å²) < 4.78 is 19.7. The fourth-order valence-corrected chi connectivity index (χ4v) is 3.18. The Kier molecular flexibility index (Phi) is 5.12. The molecule has 29 heavy (non-hydrogen) atoms. The minimum absolute atomic E-state index is 0.0845. The molecule has 0 aliphatic heterocycles. The predicted octanol–water partition coefficient (Wildman–Crippen LogP) is 3.87. The number of nitrogens with one attached hydrogen (secondary N) is 1. The van der Waals surface area contributed by atoms with Crippen LogP contribution in [0.15, 0.2) is 45.9 Å². The van der Waals surface area contributed by atoms with Gasteiger partial charge in [0.15, 0.2) is 17.1 Å². The van der Waals surface area contributed by atoms with E-state index in [9.17, 15) is 4.39 Å². The van der Waals surface area contributed by atoms with E-state index in [4.69, 9.17) is 9.52 Å². The molecule has 0 radical (unpaired) electrons. The van der Waals surface area contributed by atoms with Crippen molar-refractivity contribution in [1.29, 1.82) is 0 Å². The van der Waals surface area contributed by atoms with Crippen molar-refractivity contribution in [3.8, 4) is 0 Å². The Labute approximate surface area is 167 Å². The monoisotopic (exact) mass is 392 g/mol. The Hall–Kier alpha value is -3.48. The highest BCUT2D eigenvalue weighted by Gasteiger charge is 2.13. The Morgan fingerprint density at radius 2 is 2.17 bits per heavy atom. The van der Waals surface area contributed by atoms with Gasteiger partial charge in [-0.25, -0.2) is 14.4 Å². The van der Waals surface area contributed by atoms with E-state index in [1.807, 2.05) is 30.3 Å². The molecule has 6 nitrogen and oxygen atoms in total. The second-order valence-corrected chi connectivity index (χ2v) is 7.20. The Morgan fingerprint density at radius 3 is 2.97 bits per heavy atom. The molecule has 0 unspecified atom stereocenters. The summed E-state index contributed by atoms with van der Waals surface area (Å²) >= 11 is 0. The SMILES string of the molecule is CC(C)c1cccc(Nc2nc(N=C3CC=c4oc(=CO)cc4C3)ncc2F)c1. The molecule has 7 heteroatoms. The summed E-state index contributed by atoms with van der Waals surface area (Å²) in [6, 6.07) is 9.57. The highest BCUT2D eigenvalue weighted by Crippen LogP contribution is 2.23. The van der Waals surface area contributed by atoms with Crippen molar-refractivity contribution in [2.75, 3.05) is 5.32 Å². The highest BCUT2D eigenvalue weighted by molar-refractivity contribution is 5.93. The van der Waals surface area contributed by atoms with Crippen molar-refractivity contribution in [2.45, 2.75) is 32.6 Å². The number of aliphatic hydroxyl groups excluding tert-OH is 1. The minimum atomic E-state index is -0.542. The lowest BCUT2D eigenvalue weighted by Gasteiger charge is -2.11. The lowest BCUT2D eigenvalue weighted by atomic mass is 10.0. The topological polar surface area (TPSA) is 83.5 Å². The zero-order valence-electron chi connectivity index (χ0n) is 16.2. The summed E-state index contributed by atoms with van der Waals surface area (Å²) in [4.78, 5) is 12.7. The number of aliphatic imine (C=N–C) groups is 1. The maximum Gasteiger partial charge on any atom is 0.251 e. The van der Waals surface area contributed by atoms with Crippen molar-refractivity contribution in [3.63, 3.8) is 0 Å². The highest BCUT2D eigenvalue weighted by atomic mass is 19.1. The molecular formula is C22H21FN4O2. The number of anilines is 2. The van der Waals surface area contributed by atoms with Gasteiger partial charge in [0.1, 0.15) is 11.7 Å². The van der Waals surface area contributed by atoms with Crippen LogP contribution in [0.4, 0.5) is 21.8 Å². The van der Waals surface area contributed by atoms with Crippen molar-refractivity contribution < 1.29 is 13.9 Å². The lowest BCUT2D eigenvalue weighted by molar-refractivity contribution is 0.463. The Bertz CT molecular complexity index is 1200. The molecule has 0 spiro atoms. The van der Waals surface area contributed by atoms with Gasteiger partial charge in [-0.1, -0.05) is 26.0 Å². The minimum Gasteiger partial charge on any atom is -0.512 e. The van der Waals surface area contributed by atoms with E-state index in [1.165, 1.54) is 0 Å². The van der Waals surface area contributed by atoms with Crippen LogP contribution in [-0.4, -0.2) is 20.8 Å². The van der Waals surface area contributed by atoms with Crippen LogP contribution in [0.25, 0.3) is 12.3 Å². The van der Waals surface area contributed by atoms with Gasteiger partial charge in [0.25, 0.3) is 5.95 Å². The average Bonchev–Trinajstić information content (AvgIpc) is 3.13. The van der Waals surface area contributed by atoms with Crippen molar-refractivity contribution >= 4 is 35.5 Å². The van der Waals surface area contributed by atoms with Crippen molar-refractivity contribution in [3.05, 3.63) is 64.3 Å². The van der Waals surface area contributed by atoms with Gasteiger partial charge >= 0.3 is 0 Å².